The Balaban J connectivity index is 4.47. The lowest BCUT2D eigenvalue weighted by atomic mass is 10.00. The monoisotopic (exact) mass is 348 g/mol. The van der Waals surface area contributed by atoms with E-state index < -0.39 is 15.5 Å². The van der Waals surface area contributed by atoms with Crippen molar-refractivity contribution in [1.29, 1.82) is 0 Å². The van der Waals surface area contributed by atoms with Gasteiger partial charge in [0.2, 0.25) is 0 Å². The highest BCUT2D eigenvalue weighted by Crippen LogP contribution is 2.40. The van der Waals surface area contributed by atoms with E-state index in [1.165, 1.54) is 42.8 Å². The summed E-state index contributed by atoms with van der Waals surface area (Å²) >= 11 is 2.35. The predicted octanol–water partition coefficient (Wildman–Crippen LogP) is 6.77. The molecule has 0 aromatic carbocycles. The third-order valence-electron chi connectivity index (χ3n) is 4.60. The van der Waals surface area contributed by atoms with E-state index in [-0.39, 0.29) is 0 Å². The largest absolute Gasteiger partial charge is 0.417 e. The molecule has 0 bridgehead atoms. The summed E-state index contributed by atoms with van der Waals surface area (Å²) in [6.45, 7) is 20.2. The quantitative estimate of drug-likeness (QED) is 0.284. The predicted molar refractivity (Wildman–Crippen MR) is 107 cm³/mol. The highest BCUT2D eigenvalue weighted by molar-refractivity contribution is 8.29. The van der Waals surface area contributed by atoms with Gasteiger partial charge in [0, 0.05) is 6.61 Å². The molecular weight excluding hydrogens is 308 g/mol. The Morgan fingerprint density at radius 2 is 1.48 bits per heavy atom. The molecule has 0 aliphatic heterocycles. The van der Waals surface area contributed by atoms with Gasteiger partial charge in [-0.2, -0.15) is 11.2 Å². The second-order valence-corrected chi connectivity index (χ2v) is 20.5. The molecule has 0 saturated carbocycles. The molecule has 0 atom stereocenters. The first-order chi connectivity index (χ1) is 9.66. The van der Waals surface area contributed by atoms with Crippen molar-refractivity contribution in [2.45, 2.75) is 91.7 Å². The summed E-state index contributed by atoms with van der Waals surface area (Å²) in [5, 5.41) is 0. The van der Waals surface area contributed by atoms with Crippen molar-refractivity contribution in [3.05, 3.63) is 0 Å². The zero-order chi connectivity index (χ0) is 16.6. The third-order valence-corrected chi connectivity index (χ3v) is 17.7. The molecule has 0 N–H and O–H groups in total. The Morgan fingerprint density at radius 1 is 0.952 bits per heavy atom. The van der Waals surface area contributed by atoms with Crippen molar-refractivity contribution in [2.75, 3.05) is 12.4 Å². The smallest absolute Gasteiger partial charge is 0.187 e. The molecule has 0 unspecified atom stereocenters. The van der Waals surface area contributed by atoms with Crippen LogP contribution >= 0.6 is 11.2 Å². The Morgan fingerprint density at radius 3 is 1.90 bits per heavy atom. The maximum atomic E-state index is 6.26. The molecule has 0 radical (unpaired) electrons. The van der Waals surface area contributed by atoms with Crippen molar-refractivity contribution in [2.24, 2.45) is 5.41 Å². The van der Waals surface area contributed by atoms with Crippen LogP contribution in [0.5, 0.6) is 0 Å². The van der Waals surface area contributed by atoms with Gasteiger partial charge in [0.05, 0.1) is 0 Å². The number of hydrogen-bond donors (Lipinski definition) is 0. The van der Waals surface area contributed by atoms with E-state index in [0.717, 1.165) is 6.61 Å². The maximum absolute atomic E-state index is 6.26. The molecule has 21 heavy (non-hydrogen) atoms. The summed E-state index contributed by atoms with van der Waals surface area (Å²) < 4.78 is 6.26. The number of unbranched alkanes of at least 4 members (excludes halogenated alkanes) is 1. The molecule has 0 aliphatic rings. The summed E-state index contributed by atoms with van der Waals surface area (Å²) in [4.78, 5) is 0. The fourth-order valence-electron chi connectivity index (χ4n) is 3.15. The zero-order valence-electron chi connectivity index (χ0n) is 16.0. The summed E-state index contributed by atoms with van der Waals surface area (Å²) in [6, 6.07) is 5.57. The normalized spacial score (nSPS) is 13.7. The zero-order valence-corrected chi connectivity index (χ0v) is 18.8. The number of hydrogen-bond acceptors (Lipinski definition) is 2. The molecule has 1 nitrogen and oxygen atoms in total. The lowest BCUT2D eigenvalue weighted by molar-refractivity contribution is 0.286. The first kappa shape index (κ1) is 21.7. The van der Waals surface area contributed by atoms with Crippen LogP contribution in [0.25, 0.3) is 0 Å². The highest BCUT2D eigenvalue weighted by Gasteiger charge is 2.35. The van der Waals surface area contributed by atoms with Gasteiger partial charge >= 0.3 is 0 Å². The van der Waals surface area contributed by atoms with E-state index >= 15 is 0 Å². The van der Waals surface area contributed by atoms with Crippen molar-refractivity contribution in [3.63, 3.8) is 0 Å². The van der Waals surface area contributed by atoms with Crippen LogP contribution in [0.4, 0.5) is 0 Å². The minimum Gasteiger partial charge on any atom is -0.417 e. The Labute approximate surface area is 140 Å². The maximum Gasteiger partial charge on any atom is 0.187 e. The third kappa shape index (κ3) is 8.82. The second kappa shape index (κ2) is 9.79. The van der Waals surface area contributed by atoms with Crippen LogP contribution in [0.2, 0.25) is 37.3 Å². The van der Waals surface area contributed by atoms with Crippen LogP contribution in [0.15, 0.2) is 0 Å². The topological polar surface area (TPSA) is 9.23 Å². The van der Waals surface area contributed by atoms with Crippen LogP contribution in [0.3, 0.4) is 0 Å². The van der Waals surface area contributed by atoms with E-state index in [1.54, 1.807) is 0 Å². The van der Waals surface area contributed by atoms with Crippen molar-refractivity contribution in [3.8, 4) is 0 Å². The van der Waals surface area contributed by atoms with Crippen LogP contribution < -0.4 is 0 Å². The average Bonchev–Trinajstić information content (AvgIpc) is 2.40. The first-order valence-electron chi connectivity index (χ1n) is 8.94. The van der Waals surface area contributed by atoms with Gasteiger partial charge in [-0.3, -0.25) is 0 Å². The summed E-state index contributed by atoms with van der Waals surface area (Å²) in [5.41, 5.74) is 0.421. The van der Waals surface area contributed by atoms with Gasteiger partial charge in [-0.05, 0) is 36.7 Å². The minimum atomic E-state index is -1.50. The van der Waals surface area contributed by atoms with Gasteiger partial charge in [-0.25, -0.2) is 0 Å². The van der Waals surface area contributed by atoms with Crippen LogP contribution in [0, 0.1) is 5.41 Å². The van der Waals surface area contributed by atoms with Crippen LogP contribution in [-0.2, 0) is 4.43 Å². The Hall–Kier alpha value is 0.744. The molecule has 4 heteroatoms. The van der Waals surface area contributed by atoms with Crippen molar-refractivity contribution in [1.82, 2.24) is 0 Å². The van der Waals surface area contributed by atoms with Crippen LogP contribution in [0.1, 0.15) is 54.4 Å². The molecule has 0 aromatic heterocycles. The molecule has 0 spiro atoms. The van der Waals surface area contributed by atoms with Gasteiger partial charge in [-0.15, -0.1) is 0 Å². The van der Waals surface area contributed by atoms with E-state index in [4.69, 9.17) is 4.43 Å². The standard InChI is InChI=1S/C17H40OSSi2/c1-9-13-14-18-20(7,8)16-17(5,6)15-19-21(10-2,11-3)12-4/h9-16H2,1-8H3. The summed E-state index contributed by atoms with van der Waals surface area (Å²) in [7, 11) is -2.54. The lowest BCUT2D eigenvalue weighted by Crippen LogP contribution is -2.38. The lowest BCUT2D eigenvalue weighted by Gasteiger charge is -2.36. The molecule has 0 amide bonds. The van der Waals surface area contributed by atoms with E-state index in [1.807, 2.05) is 0 Å². The molecule has 128 valence electrons. The van der Waals surface area contributed by atoms with Crippen molar-refractivity contribution < 1.29 is 4.43 Å². The van der Waals surface area contributed by atoms with Gasteiger partial charge < -0.3 is 4.43 Å². The highest BCUT2D eigenvalue weighted by atomic mass is 32.4. The Kier molecular flexibility index (Phi) is 10.1. The minimum absolute atomic E-state index is 0.421. The SMILES string of the molecule is CCCCO[Si](C)(C)CC(C)(C)CS[Si](CC)(CC)CC. The van der Waals surface area contributed by atoms with Crippen LogP contribution in [-0.4, -0.2) is 27.9 Å². The van der Waals surface area contributed by atoms with Gasteiger partial charge in [0.25, 0.3) is 0 Å². The average molecular weight is 349 g/mol. The molecule has 0 aliphatic carbocycles. The molecular formula is C17H40OSSi2. The molecule has 0 heterocycles. The van der Waals surface area contributed by atoms with E-state index in [9.17, 15) is 0 Å². The second-order valence-electron chi connectivity index (χ2n) is 7.84. The van der Waals surface area contributed by atoms with E-state index in [0.29, 0.717) is 5.41 Å². The summed E-state index contributed by atoms with van der Waals surface area (Å²) in [6.07, 6.45) is 2.45. The molecule has 0 fully saturated rings. The molecule has 0 rings (SSSR count). The summed E-state index contributed by atoms with van der Waals surface area (Å²) in [5.74, 6) is 1.32. The number of rotatable bonds is 12. The first-order valence-corrected chi connectivity index (χ1v) is 16.4. The van der Waals surface area contributed by atoms with Gasteiger partial charge in [0.15, 0.2) is 8.32 Å². The fraction of sp³-hybridized carbons (Fsp3) is 1.00. The molecule has 0 saturated heterocycles. The van der Waals surface area contributed by atoms with E-state index in [2.05, 4.69) is 65.8 Å². The Bertz CT molecular complexity index is 268. The molecule has 0 aromatic rings. The fourth-order valence-corrected chi connectivity index (χ4v) is 13.4. The van der Waals surface area contributed by atoms with Gasteiger partial charge in [0.1, 0.15) is 7.22 Å². The van der Waals surface area contributed by atoms with Crippen molar-refractivity contribution >= 4 is 26.8 Å². The van der Waals surface area contributed by atoms with Gasteiger partial charge in [-0.1, -0.05) is 66.1 Å².